The van der Waals surface area contributed by atoms with Gasteiger partial charge in [-0.25, -0.2) is 0 Å². The maximum Gasteiger partial charge on any atom is 0.308 e. The fourth-order valence-electron chi connectivity index (χ4n) is 3.40. The van der Waals surface area contributed by atoms with Crippen molar-refractivity contribution in [1.29, 1.82) is 0 Å². The second-order valence-electron chi connectivity index (χ2n) is 6.26. The molecular formula is C18H25N3O3. The number of piperidine rings is 1. The van der Waals surface area contributed by atoms with Crippen LogP contribution in [0.25, 0.3) is 0 Å². The molecule has 6 nitrogen and oxygen atoms in total. The molecule has 2 aliphatic rings. The molecule has 3 rings (SSSR count). The normalized spacial score (nSPS) is 21.2. The van der Waals surface area contributed by atoms with Crippen LogP contribution in [-0.2, 0) is 16.0 Å². The highest BCUT2D eigenvalue weighted by Crippen LogP contribution is 2.27. The maximum atomic E-state index is 11.6. The number of likely N-dealkylation sites (tertiary alicyclic amines) is 1. The van der Waals surface area contributed by atoms with Gasteiger partial charge < -0.3 is 19.7 Å². The molecule has 0 spiro atoms. The van der Waals surface area contributed by atoms with Crippen molar-refractivity contribution in [3.05, 3.63) is 29.8 Å². The fraction of sp³-hybridized carbons (Fsp3) is 0.556. The first kappa shape index (κ1) is 16.6. The SMILES string of the molecule is CN=C(NCC1Cc2ccccc2O1)N1CCC(C(=O)OC)CC1. The molecular weight excluding hydrogens is 306 g/mol. The quantitative estimate of drug-likeness (QED) is 0.516. The highest BCUT2D eigenvalue weighted by atomic mass is 16.5. The van der Waals surface area contributed by atoms with Crippen LogP contribution in [0.3, 0.4) is 0 Å². The van der Waals surface area contributed by atoms with E-state index in [0.717, 1.165) is 50.6 Å². The van der Waals surface area contributed by atoms with Crippen LogP contribution in [0.2, 0.25) is 0 Å². The number of ether oxygens (including phenoxy) is 2. The van der Waals surface area contributed by atoms with Crippen LogP contribution in [0.4, 0.5) is 0 Å². The minimum atomic E-state index is -0.102. The van der Waals surface area contributed by atoms with Gasteiger partial charge in [-0.1, -0.05) is 18.2 Å². The summed E-state index contributed by atoms with van der Waals surface area (Å²) >= 11 is 0. The summed E-state index contributed by atoms with van der Waals surface area (Å²) in [5.74, 6) is 1.77. The molecule has 1 fully saturated rings. The van der Waals surface area contributed by atoms with Gasteiger partial charge in [0.15, 0.2) is 5.96 Å². The monoisotopic (exact) mass is 331 g/mol. The van der Waals surface area contributed by atoms with Crippen LogP contribution in [0.5, 0.6) is 5.75 Å². The molecule has 1 aromatic rings. The van der Waals surface area contributed by atoms with Gasteiger partial charge in [0.1, 0.15) is 11.9 Å². The zero-order valence-corrected chi connectivity index (χ0v) is 14.3. The maximum absolute atomic E-state index is 11.6. The smallest absolute Gasteiger partial charge is 0.308 e. The third-order valence-electron chi connectivity index (χ3n) is 4.74. The fourth-order valence-corrected chi connectivity index (χ4v) is 3.40. The standard InChI is InChI=1S/C18H25N3O3/c1-19-18(21-9-7-13(8-10-21)17(22)23-2)20-12-15-11-14-5-3-4-6-16(14)24-15/h3-6,13,15H,7-12H2,1-2H3,(H,19,20). The summed E-state index contributed by atoms with van der Waals surface area (Å²) in [6.07, 6.45) is 2.66. The Morgan fingerprint density at radius 3 is 2.79 bits per heavy atom. The van der Waals surface area contributed by atoms with Crippen molar-refractivity contribution in [1.82, 2.24) is 10.2 Å². The molecule has 0 bridgehead atoms. The highest BCUT2D eigenvalue weighted by molar-refractivity contribution is 5.80. The van der Waals surface area contributed by atoms with Crippen LogP contribution in [-0.4, -0.2) is 56.7 Å². The van der Waals surface area contributed by atoms with Crippen molar-refractivity contribution in [2.45, 2.75) is 25.4 Å². The number of esters is 1. The van der Waals surface area contributed by atoms with Crippen molar-refractivity contribution >= 4 is 11.9 Å². The van der Waals surface area contributed by atoms with Gasteiger partial charge in [0, 0.05) is 26.6 Å². The van der Waals surface area contributed by atoms with Gasteiger partial charge >= 0.3 is 5.97 Å². The summed E-state index contributed by atoms with van der Waals surface area (Å²) in [6.45, 7) is 2.34. The molecule has 1 N–H and O–H groups in total. The molecule has 2 heterocycles. The van der Waals surface area contributed by atoms with Crippen LogP contribution in [0, 0.1) is 5.92 Å². The molecule has 130 valence electrons. The Bertz CT molecular complexity index is 584. The Morgan fingerprint density at radius 1 is 1.38 bits per heavy atom. The van der Waals surface area contributed by atoms with Crippen LogP contribution in [0.1, 0.15) is 18.4 Å². The number of carbonyl (C=O) groups excluding carboxylic acids is 1. The van der Waals surface area contributed by atoms with Crippen molar-refractivity contribution in [2.75, 3.05) is 33.8 Å². The first-order valence-electron chi connectivity index (χ1n) is 8.49. The molecule has 2 aliphatic heterocycles. The average molecular weight is 331 g/mol. The van der Waals surface area contributed by atoms with Crippen molar-refractivity contribution in [3.8, 4) is 5.75 Å². The number of para-hydroxylation sites is 1. The first-order valence-corrected chi connectivity index (χ1v) is 8.49. The van der Waals surface area contributed by atoms with Gasteiger partial charge in [-0.2, -0.15) is 0 Å². The van der Waals surface area contributed by atoms with Gasteiger partial charge in [-0.3, -0.25) is 9.79 Å². The molecule has 0 aliphatic carbocycles. The van der Waals surface area contributed by atoms with E-state index in [0.29, 0.717) is 0 Å². The van der Waals surface area contributed by atoms with Gasteiger partial charge in [0.25, 0.3) is 0 Å². The Morgan fingerprint density at radius 2 is 2.12 bits per heavy atom. The van der Waals surface area contributed by atoms with E-state index in [9.17, 15) is 4.79 Å². The Kier molecular flexibility index (Phi) is 5.23. The third-order valence-corrected chi connectivity index (χ3v) is 4.74. The average Bonchev–Trinajstić information content (AvgIpc) is 3.05. The number of hydrogen-bond donors (Lipinski definition) is 1. The predicted molar refractivity (Wildman–Crippen MR) is 92.2 cm³/mol. The lowest BCUT2D eigenvalue weighted by Crippen LogP contribution is -2.48. The van der Waals surface area contributed by atoms with E-state index in [2.05, 4.69) is 21.3 Å². The van der Waals surface area contributed by atoms with E-state index in [4.69, 9.17) is 9.47 Å². The van der Waals surface area contributed by atoms with Crippen LogP contribution >= 0.6 is 0 Å². The topological polar surface area (TPSA) is 63.2 Å². The second-order valence-corrected chi connectivity index (χ2v) is 6.26. The van der Waals surface area contributed by atoms with E-state index >= 15 is 0 Å². The van der Waals surface area contributed by atoms with Crippen molar-refractivity contribution < 1.29 is 14.3 Å². The number of fused-ring (bicyclic) bond motifs is 1. The Balaban J connectivity index is 1.48. The summed E-state index contributed by atoms with van der Waals surface area (Å²) in [5.41, 5.74) is 1.26. The molecule has 0 amide bonds. The van der Waals surface area contributed by atoms with E-state index in [-0.39, 0.29) is 18.0 Å². The van der Waals surface area contributed by atoms with Crippen LogP contribution < -0.4 is 10.1 Å². The summed E-state index contributed by atoms with van der Waals surface area (Å²) < 4.78 is 10.8. The van der Waals surface area contributed by atoms with E-state index in [1.807, 2.05) is 18.2 Å². The lowest BCUT2D eigenvalue weighted by molar-refractivity contribution is -0.146. The van der Waals surface area contributed by atoms with Gasteiger partial charge in [-0.15, -0.1) is 0 Å². The van der Waals surface area contributed by atoms with E-state index in [1.165, 1.54) is 12.7 Å². The molecule has 0 radical (unpaired) electrons. The van der Waals surface area contributed by atoms with Crippen molar-refractivity contribution in [3.63, 3.8) is 0 Å². The van der Waals surface area contributed by atoms with Gasteiger partial charge in [-0.05, 0) is 24.5 Å². The summed E-state index contributed by atoms with van der Waals surface area (Å²) in [6, 6.07) is 8.17. The number of rotatable bonds is 3. The second kappa shape index (κ2) is 7.55. The van der Waals surface area contributed by atoms with Gasteiger partial charge in [0.2, 0.25) is 0 Å². The number of carbonyl (C=O) groups is 1. The lowest BCUT2D eigenvalue weighted by atomic mass is 9.97. The number of benzene rings is 1. The molecule has 0 saturated carbocycles. The molecule has 24 heavy (non-hydrogen) atoms. The first-order chi connectivity index (χ1) is 11.7. The molecule has 0 aromatic heterocycles. The number of methoxy groups -OCH3 is 1. The molecule has 1 atom stereocenters. The molecule has 6 heteroatoms. The summed E-state index contributed by atoms with van der Waals surface area (Å²) in [4.78, 5) is 18.2. The summed E-state index contributed by atoms with van der Waals surface area (Å²) in [5, 5.41) is 3.41. The minimum Gasteiger partial charge on any atom is -0.488 e. The number of nitrogens with zero attached hydrogens (tertiary/aromatic N) is 2. The largest absolute Gasteiger partial charge is 0.488 e. The van der Waals surface area contributed by atoms with Gasteiger partial charge in [0.05, 0.1) is 19.6 Å². The third kappa shape index (κ3) is 3.63. The van der Waals surface area contributed by atoms with E-state index in [1.54, 1.807) is 7.05 Å². The van der Waals surface area contributed by atoms with E-state index < -0.39 is 0 Å². The number of guanidine groups is 1. The number of hydrogen-bond acceptors (Lipinski definition) is 4. The summed E-state index contributed by atoms with van der Waals surface area (Å²) in [7, 11) is 3.24. The van der Waals surface area contributed by atoms with Crippen LogP contribution in [0.15, 0.2) is 29.3 Å². The number of aliphatic imine (C=N–C) groups is 1. The Labute approximate surface area is 142 Å². The molecule has 1 saturated heterocycles. The number of nitrogens with one attached hydrogen (secondary N) is 1. The molecule has 1 unspecified atom stereocenters. The lowest BCUT2D eigenvalue weighted by Gasteiger charge is -2.33. The minimum absolute atomic E-state index is 0.0111. The molecule has 1 aromatic carbocycles. The predicted octanol–water partition coefficient (Wildman–Crippen LogP) is 1.45. The zero-order chi connectivity index (χ0) is 16.9. The van der Waals surface area contributed by atoms with Crippen molar-refractivity contribution in [2.24, 2.45) is 10.9 Å². The Hall–Kier alpha value is -2.24. The highest BCUT2D eigenvalue weighted by Gasteiger charge is 2.28. The zero-order valence-electron chi connectivity index (χ0n) is 14.3.